The summed E-state index contributed by atoms with van der Waals surface area (Å²) in [4.78, 5) is 12.1. The van der Waals surface area contributed by atoms with Crippen LogP contribution in [0.25, 0.3) is 0 Å². The zero-order valence-corrected chi connectivity index (χ0v) is 21.8. The number of alkyl halides is 3. The van der Waals surface area contributed by atoms with Crippen LogP contribution in [0, 0.1) is 23.7 Å². The molecule has 0 radical (unpaired) electrons. The van der Waals surface area contributed by atoms with Gasteiger partial charge in [-0.1, -0.05) is 17.7 Å². The molecule has 0 saturated heterocycles. The molecule has 0 bridgehead atoms. The summed E-state index contributed by atoms with van der Waals surface area (Å²) in [5.74, 6) is 0.0413. The molecule has 1 atom stereocenters. The second-order valence-electron chi connectivity index (χ2n) is 10.1. The number of carboxylic acid groups (broad SMARTS) is 1. The van der Waals surface area contributed by atoms with Gasteiger partial charge >= 0.3 is 12.3 Å². The van der Waals surface area contributed by atoms with Crippen molar-refractivity contribution >= 4 is 27.5 Å². The topological polar surface area (TPSA) is 111 Å². The van der Waals surface area contributed by atoms with Gasteiger partial charge in [0.15, 0.2) is 0 Å². The van der Waals surface area contributed by atoms with Crippen LogP contribution in [-0.4, -0.2) is 44.0 Å². The lowest BCUT2D eigenvalue weighted by Gasteiger charge is -2.40. The number of hydrogen-bond donors (Lipinski definition) is 1. The Hall–Kier alpha value is -3.46. The minimum atomic E-state index is -4.92. The van der Waals surface area contributed by atoms with Gasteiger partial charge in [-0.3, -0.25) is 9.21 Å². The zero-order chi connectivity index (χ0) is 28.0. The van der Waals surface area contributed by atoms with E-state index in [9.17, 15) is 36.8 Å². The Bertz CT molecular complexity index is 1330. The number of fused-ring (bicyclic) bond motifs is 1. The summed E-state index contributed by atoms with van der Waals surface area (Å²) in [5, 5.41) is 19.1. The van der Waals surface area contributed by atoms with Crippen LogP contribution in [0.2, 0.25) is 0 Å². The van der Waals surface area contributed by atoms with Gasteiger partial charge in [0.1, 0.15) is 17.4 Å². The first-order valence-electron chi connectivity index (χ1n) is 11.3. The Morgan fingerprint density at radius 2 is 1.76 bits per heavy atom. The summed E-state index contributed by atoms with van der Waals surface area (Å²) in [5.41, 5.74) is -3.32. The second kappa shape index (κ2) is 9.45. The SMILES string of the molecule is Cc1ccc(S(=O)(=O)N2C[C@@H](CC(C)(C)C#N)Oc3ccc(N(C(=O)O)C(C)(C)C(F)(F)F)cc32)cc1. The number of rotatable bonds is 6. The smallest absolute Gasteiger partial charge is 0.412 e. The highest BCUT2D eigenvalue weighted by Gasteiger charge is 2.54. The molecule has 2 aromatic carbocycles. The number of hydrogen-bond acceptors (Lipinski definition) is 5. The maximum Gasteiger partial charge on any atom is 0.412 e. The number of sulfonamides is 1. The van der Waals surface area contributed by atoms with Crippen LogP contribution >= 0.6 is 0 Å². The minimum absolute atomic E-state index is 0.0413. The summed E-state index contributed by atoms with van der Waals surface area (Å²) in [6, 6.07) is 11.6. The summed E-state index contributed by atoms with van der Waals surface area (Å²) < 4.78 is 75.7. The predicted molar refractivity (Wildman–Crippen MR) is 131 cm³/mol. The molecular formula is C25H28F3N3O5S. The number of halogens is 3. The van der Waals surface area contributed by atoms with Crippen LogP contribution < -0.4 is 13.9 Å². The summed E-state index contributed by atoms with van der Waals surface area (Å²) in [6.45, 7) is 6.36. The highest BCUT2D eigenvalue weighted by Crippen LogP contribution is 2.44. The Morgan fingerprint density at radius 1 is 1.16 bits per heavy atom. The molecule has 1 aliphatic heterocycles. The predicted octanol–water partition coefficient (Wildman–Crippen LogP) is 5.72. The van der Waals surface area contributed by atoms with Crippen molar-refractivity contribution in [2.75, 3.05) is 15.7 Å². The third kappa shape index (κ3) is 5.46. The van der Waals surface area contributed by atoms with E-state index in [0.717, 1.165) is 35.8 Å². The number of carbonyl (C=O) groups is 1. The van der Waals surface area contributed by atoms with E-state index in [0.29, 0.717) is 0 Å². The molecule has 0 saturated carbocycles. The number of nitriles is 1. The Kier molecular flexibility index (Phi) is 7.18. The molecule has 0 fully saturated rings. The van der Waals surface area contributed by atoms with Gasteiger partial charge in [-0.25, -0.2) is 13.2 Å². The second-order valence-corrected chi connectivity index (χ2v) is 12.0. The van der Waals surface area contributed by atoms with Crippen molar-refractivity contribution in [2.24, 2.45) is 5.41 Å². The number of amides is 1. The van der Waals surface area contributed by atoms with Gasteiger partial charge in [0.2, 0.25) is 0 Å². The molecule has 0 spiro atoms. The van der Waals surface area contributed by atoms with E-state index < -0.39 is 39.4 Å². The van der Waals surface area contributed by atoms with Crippen molar-refractivity contribution in [2.45, 2.75) is 63.8 Å². The van der Waals surface area contributed by atoms with E-state index >= 15 is 0 Å². The molecule has 2 aromatic rings. The van der Waals surface area contributed by atoms with Crippen LogP contribution in [0.1, 0.15) is 39.7 Å². The van der Waals surface area contributed by atoms with Gasteiger partial charge < -0.3 is 9.84 Å². The van der Waals surface area contributed by atoms with E-state index in [1.54, 1.807) is 32.9 Å². The first kappa shape index (κ1) is 28.1. The van der Waals surface area contributed by atoms with E-state index in [-0.39, 0.29) is 39.9 Å². The highest BCUT2D eigenvalue weighted by atomic mass is 32.2. The lowest BCUT2D eigenvalue weighted by molar-refractivity contribution is -0.175. The fourth-order valence-electron chi connectivity index (χ4n) is 4.02. The van der Waals surface area contributed by atoms with Crippen molar-refractivity contribution in [1.29, 1.82) is 5.26 Å². The third-order valence-electron chi connectivity index (χ3n) is 6.23. The van der Waals surface area contributed by atoms with Crippen molar-refractivity contribution in [3.05, 3.63) is 48.0 Å². The van der Waals surface area contributed by atoms with Gasteiger partial charge in [0.25, 0.3) is 10.0 Å². The van der Waals surface area contributed by atoms with Crippen LogP contribution in [0.3, 0.4) is 0 Å². The average Bonchev–Trinajstić information content (AvgIpc) is 2.77. The lowest BCUT2D eigenvalue weighted by atomic mass is 9.88. The molecule has 37 heavy (non-hydrogen) atoms. The van der Waals surface area contributed by atoms with Crippen molar-refractivity contribution in [3.63, 3.8) is 0 Å². The largest absolute Gasteiger partial charge is 0.486 e. The molecule has 1 heterocycles. The van der Waals surface area contributed by atoms with E-state index in [4.69, 9.17) is 4.74 Å². The summed E-state index contributed by atoms with van der Waals surface area (Å²) in [6.07, 6.45) is -7.34. The van der Waals surface area contributed by atoms with E-state index in [2.05, 4.69) is 6.07 Å². The van der Waals surface area contributed by atoms with Crippen LogP contribution in [-0.2, 0) is 10.0 Å². The van der Waals surface area contributed by atoms with E-state index in [1.165, 1.54) is 18.2 Å². The van der Waals surface area contributed by atoms with Gasteiger partial charge in [-0.15, -0.1) is 0 Å². The number of benzene rings is 2. The van der Waals surface area contributed by atoms with Crippen LogP contribution in [0.4, 0.5) is 29.3 Å². The number of nitrogens with zero attached hydrogens (tertiary/aromatic N) is 3. The molecule has 1 N–H and O–H groups in total. The fourth-order valence-corrected chi connectivity index (χ4v) is 5.52. The third-order valence-corrected chi connectivity index (χ3v) is 8.02. The molecule has 0 unspecified atom stereocenters. The molecule has 0 aromatic heterocycles. The lowest BCUT2D eigenvalue weighted by Crippen LogP contribution is -2.57. The van der Waals surface area contributed by atoms with Crippen LogP contribution in [0.5, 0.6) is 5.75 Å². The minimum Gasteiger partial charge on any atom is -0.486 e. The number of ether oxygens (including phenoxy) is 1. The summed E-state index contributed by atoms with van der Waals surface area (Å²) in [7, 11) is -4.23. The van der Waals surface area contributed by atoms with Crippen molar-refractivity contribution in [1.82, 2.24) is 0 Å². The van der Waals surface area contributed by atoms with Crippen molar-refractivity contribution in [3.8, 4) is 11.8 Å². The fraction of sp³-hybridized carbons (Fsp3) is 0.440. The molecule has 200 valence electrons. The normalized spacial score (nSPS) is 16.4. The zero-order valence-electron chi connectivity index (χ0n) is 21.0. The first-order chi connectivity index (χ1) is 16.9. The standard InChI is InChI=1S/C25H28F3N3O5S/c1-16-6-9-19(10-7-16)37(34,35)30-14-18(13-23(2,3)15-29)36-21-11-8-17(12-20(21)30)31(22(32)33)24(4,5)25(26,27)28/h6-12,18H,13-14H2,1-5H3,(H,32,33)/t18-/m1/s1. The first-order valence-corrected chi connectivity index (χ1v) is 12.8. The molecule has 3 rings (SSSR count). The Morgan fingerprint density at radius 3 is 2.27 bits per heavy atom. The van der Waals surface area contributed by atoms with Crippen molar-refractivity contribution < 1.29 is 36.2 Å². The molecule has 1 aliphatic rings. The van der Waals surface area contributed by atoms with Gasteiger partial charge in [0, 0.05) is 6.42 Å². The Balaban J connectivity index is 2.19. The molecule has 0 aliphatic carbocycles. The molecule has 1 amide bonds. The number of anilines is 2. The Labute approximate surface area is 213 Å². The maximum atomic E-state index is 13.8. The summed E-state index contributed by atoms with van der Waals surface area (Å²) >= 11 is 0. The molecule has 8 nitrogen and oxygen atoms in total. The molecule has 12 heteroatoms. The number of aryl methyl sites for hydroxylation is 1. The monoisotopic (exact) mass is 539 g/mol. The molecular weight excluding hydrogens is 511 g/mol. The highest BCUT2D eigenvalue weighted by molar-refractivity contribution is 7.92. The average molecular weight is 540 g/mol. The van der Waals surface area contributed by atoms with Gasteiger partial charge in [0.05, 0.1) is 34.3 Å². The van der Waals surface area contributed by atoms with Gasteiger partial charge in [-0.2, -0.15) is 18.4 Å². The quantitative estimate of drug-likeness (QED) is 0.503. The maximum absolute atomic E-state index is 13.8. The van der Waals surface area contributed by atoms with Gasteiger partial charge in [-0.05, 0) is 65.0 Å². The van der Waals surface area contributed by atoms with E-state index in [1.807, 2.05) is 0 Å². The van der Waals surface area contributed by atoms with Crippen LogP contribution in [0.15, 0.2) is 47.4 Å².